The van der Waals surface area contributed by atoms with E-state index in [9.17, 15) is 9.59 Å². The monoisotopic (exact) mass is 450 g/mol. The summed E-state index contributed by atoms with van der Waals surface area (Å²) in [6.07, 6.45) is 8.48. The van der Waals surface area contributed by atoms with Crippen LogP contribution in [0.3, 0.4) is 0 Å². The van der Waals surface area contributed by atoms with Crippen molar-refractivity contribution in [2.24, 2.45) is 34.5 Å². The number of hydrogen-bond acceptors (Lipinski definition) is 4. The van der Waals surface area contributed by atoms with E-state index in [1.54, 1.807) is 0 Å². The van der Waals surface area contributed by atoms with Gasteiger partial charge in [0.25, 0.3) is 0 Å². The van der Waals surface area contributed by atoms with Crippen LogP contribution in [0.1, 0.15) is 82.5 Å². The smallest absolute Gasteiger partial charge is 0.338 e. The van der Waals surface area contributed by atoms with E-state index in [0.29, 0.717) is 29.2 Å². The van der Waals surface area contributed by atoms with Gasteiger partial charge in [-0.3, -0.25) is 4.79 Å². The molecule has 0 aliphatic heterocycles. The summed E-state index contributed by atoms with van der Waals surface area (Å²) in [6.45, 7) is 11.0. The summed E-state index contributed by atoms with van der Waals surface area (Å²) < 4.78 is 11.8. The average molecular weight is 451 g/mol. The van der Waals surface area contributed by atoms with Gasteiger partial charge in [0.15, 0.2) is 0 Å². The first-order chi connectivity index (χ1) is 15.7. The number of ether oxygens (including phenoxy) is 2. The van der Waals surface area contributed by atoms with E-state index in [0.717, 1.165) is 44.9 Å². The fourth-order valence-electron chi connectivity index (χ4n) is 8.35. The molecule has 8 atom stereocenters. The summed E-state index contributed by atoms with van der Waals surface area (Å²) in [5.41, 5.74) is 2.33. The molecule has 0 heterocycles. The summed E-state index contributed by atoms with van der Waals surface area (Å²) in [6, 6.07) is 9.38. The molecule has 33 heavy (non-hydrogen) atoms. The maximum atomic E-state index is 12.8. The van der Waals surface area contributed by atoms with Crippen LogP contribution >= 0.6 is 0 Å². The van der Waals surface area contributed by atoms with E-state index in [-0.39, 0.29) is 35.0 Å². The number of fused-ring (bicyclic) bond motifs is 5. The van der Waals surface area contributed by atoms with Crippen molar-refractivity contribution in [1.29, 1.82) is 0 Å². The molecule has 0 radical (unpaired) electrons. The molecule has 0 saturated heterocycles. The quantitative estimate of drug-likeness (QED) is 0.398. The SMILES string of the molecule is C=C1C[C@@H]2C[C@@H](OC(C)=O)CC[C@]2(C)[C@@H]2CC[C@@]3(C)[C@@H](OC(=O)c4ccccc4)CC[C@@H]3[C@H]12. The molecule has 1 aromatic rings. The minimum Gasteiger partial charge on any atom is -0.463 e. The molecule has 4 fully saturated rings. The number of rotatable bonds is 3. The number of carbonyl (C=O) groups is 2. The van der Waals surface area contributed by atoms with Crippen molar-refractivity contribution < 1.29 is 19.1 Å². The van der Waals surface area contributed by atoms with E-state index in [1.165, 1.54) is 18.9 Å². The van der Waals surface area contributed by atoms with Crippen LogP contribution in [0.15, 0.2) is 42.5 Å². The Morgan fingerprint density at radius 1 is 0.939 bits per heavy atom. The minimum absolute atomic E-state index is 0.0193. The number of carbonyl (C=O) groups excluding carboxylic acids is 2. The lowest BCUT2D eigenvalue weighted by molar-refractivity contribution is -0.156. The Morgan fingerprint density at radius 3 is 2.36 bits per heavy atom. The van der Waals surface area contributed by atoms with Gasteiger partial charge in [-0.15, -0.1) is 0 Å². The second-order valence-electron chi connectivity index (χ2n) is 11.7. The lowest BCUT2D eigenvalue weighted by Crippen LogP contribution is -2.55. The standard InChI is InChI=1S/C29H38O4/c1-18-16-21-17-22(32-19(2)30)12-14-28(21,3)24-13-15-29(4)23(26(18)24)10-11-25(29)33-27(31)20-8-6-5-7-9-20/h5-9,21-26H,1,10-17H2,2-4H3/t21-,22+,23-,24-,25+,26+,28+,29-/m1/s1. The zero-order chi connectivity index (χ0) is 23.4. The van der Waals surface area contributed by atoms with Crippen molar-refractivity contribution in [2.45, 2.75) is 84.3 Å². The van der Waals surface area contributed by atoms with Gasteiger partial charge in [-0.25, -0.2) is 4.79 Å². The highest BCUT2D eigenvalue weighted by Crippen LogP contribution is 2.67. The molecule has 0 N–H and O–H groups in total. The van der Waals surface area contributed by atoms with Gasteiger partial charge >= 0.3 is 11.9 Å². The van der Waals surface area contributed by atoms with Gasteiger partial charge in [0.1, 0.15) is 12.2 Å². The van der Waals surface area contributed by atoms with Crippen molar-refractivity contribution in [2.75, 3.05) is 0 Å². The summed E-state index contributed by atoms with van der Waals surface area (Å²) >= 11 is 0. The molecule has 4 nitrogen and oxygen atoms in total. The van der Waals surface area contributed by atoms with Gasteiger partial charge < -0.3 is 9.47 Å². The lowest BCUT2D eigenvalue weighted by atomic mass is 9.44. The van der Waals surface area contributed by atoms with Crippen LogP contribution in [0.2, 0.25) is 0 Å². The fourth-order valence-corrected chi connectivity index (χ4v) is 8.35. The highest BCUT2D eigenvalue weighted by atomic mass is 16.5. The Bertz CT molecular complexity index is 938. The van der Waals surface area contributed by atoms with E-state index in [1.807, 2.05) is 30.3 Å². The topological polar surface area (TPSA) is 52.6 Å². The molecule has 4 saturated carbocycles. The zero-order valence-electron chi connectivity index (χ0n) is 20.3. The van der Waals surface area contributed by atoms with Crippen LogP contribution in [-0.2, 0) is 14.3 Å². The highest BCUT2D eigenvalue weighted by Gasteiger charge is 2.62. The Balaban J connectivity index is 1.34. The third kappa shape index (κ3) is 3.74. The molecule has 178 valence electrons. The van der Waals surface area contributed by atoms with Gasteiger partial charge in [-0.2, -0.15) is 0 Å². The molecular weight excluding hydrogens is 412 g/mol. The number of hydrogen-bond donors (Lipinski definition) is 0. The van der Waals surface area contributed by atoms with Gasteiger partial charge in [0.05, 0.1) is 5.56 Å². The van der Waals surface area contributed by atoms with Crippen LogP contribution in [0.5, 0.6) is 0 Å². The van der Waals surface area contributed by atoms with Gasteiger partial charge in [-0.1, -0.05) is 44.2 Å². The summed E-state index contributed by atoms with van der Waals surface area (Å²) in [5, 5.41) is 0. The normalized spacial score (nSPS) is 42.0. The van der Waals surface area contributed by atoms with E-state index in [4.69, 9.17) is 9.47 Å². The minimum atomic E-state index is -0.192. The van der Waals surface area contributed by atoms with Crippen LogP contribution in [-0.4, -0.2) is 24.1 Å². The highest BCUT2D eigenvalue weighted by molar-refractivity contribution is 5.89. The Morgan fingerprint density at radius 2 is 1.64 bits per heavy atom. The van der Waals surface area contributed by atoms with Crippen molar-refractivity contribution in [1.82, 2.24) is 0 Å². The summed E-state index contributed by atoms with van der Waals surface area (Å²) in [5.74, 6) is 1.86. The molecule has 0 spiro atoms. The van der Waals surface area contributed by atoms with E-state index in [2.05, 4.69) is 20.4 Å². The van der Waals surface area contributed by atoms with Crippen molar-refractivity contribution in [3.8, 4) is 0 Å². The molecule has 0 bridgehead atoms. The van der Waals surface area contributed by atoms with Gasteiger partial charge in [-0.05, 0) is 92.6 Å². The van der Waals surface area contributed by atoms with E-state index < -0.39 is 0 Å². The third-order valence-corrected chi connectivity index (χ3v) is 10.1. The van der Waals surface area contributed by atoms with Crippen LogP contribution in [0.4, 0.5) is 0 Å². The van der Waals surface area contributed by atoms with Crippen molar-refractivity contribution >= 4 is 11.9 Å². The summed E-state index contributed by atoms with van der Waals surface area (Å²) in [7, 11) is 0. The Hall–Kier alpha value is -2.10. The maximum Gasteiger partial charge on any atom is 0.338 e. The molecule has 4 aliphatic rings. The van der Waals surface area contributed by atoms with Gasteiger partial charge in [0, 0.05) is 12.3 Å². The van der Waals surface area contributed by atoms with Crippen LogP contribution < -0.4 is 0 Å². The third-order valence-electron chi connectivity index (χ3n) is 10.1. The fraction of sp³-hybridized carbons (Fsp3) is 0.655. The first-order valence-corrected chi connectivity index (χ1v) is 12.8. The number of benzene rings is 1. The molecule has 4 heteroatoms. The Labute approximate surface area is 198 Å². The predicted molar refractivity (Wildman–Crippen MR) is 127 cm³/mol. The van der Waals surface area contributed by atoms with Crippen molar-refractivity contribution in [3.05, 3.63) is 48.0 Å². The van der Waals surface area contributed by atoms with Crippen LogP contribution in [0, 0.1) is 34.5 Å². The second-order valence-corrected chi connectivity index (χ2v) is 11.7. The summed E-state index contributed by atoms with van der Waals surface area (Å²) in [4.78, 5) is 24.4. The first-order valence-electron chi connectivity index (χ1n) is 12.8. The zero-order valence-corrected chi connectivity index (χ0v) is 20.3. The molecule has 4 aliphatic carbocycles. The molecule has 5 rings (SSSR count). The first kappa shape index (κ1) is 22.7. The predicted octanol–water partition coefficient (Wildman–Crippen LogP) is 6.35. The number of esters is 2. The largest absolute Gasteiger partial charge is 0.463 e. The van der Waals surface area contributed by atoms with Gasteiger partial charge in [0.2, 0.25) is 0 Å². The van der Waals surface area contributed by atoms with Crippen molar-refractivity contribution in [3.63, 3.8) is 0 Å². The average Bonchev–Trinajstić information content (AvgIpc) is 3.11. The lowest BCUT2D eigenvalue weighted by Gasteiger charge is -2.61. The maximum absolute atomic E-state index is 12.8. The number of allylic oxidation sites excluding steroid dienone is 1. The van der Waals surface area contributed by atoms with Crippen LogP contribution in [0.25, 0.3) is 0 Å². The van der Waals surface area contributed by atoms with E-state index >= 15 is 0 Å². The second kappa shape index (κ2) is 8.29. The Kier molecular flexibility index (Phi) is 5.69. The molecular formula is C29H38O4. The molecule has 0 unspecified atom stereocenters. The molecule has 1 aromatic carbocycles. The molecule has 0 amide bonds. The molecule has 0 aromatic heterocycles.